The van der Waals surface area contributed by atoms with Crippen molar-refractivity contribution in [3.8, 4) is 0 Å². The van der Waals surface area contributed by atoms with Gasteiger partial charge < -0.3 is 11.1 Å². The third kappa shape index (κ3) is 4.31. The number of nitrogens with two attached hydrogens (primary N) is 1. The molecule has 22 heavy (non-hydrogen) atoms. The Morgan fingerprint density at radius 2 is 2.05 bits per heavy atom. The van der Waals surface area contributed by atoms with Crippen LogP contribution in [-0.4, -0.2) is 36.5 Å². The summed E-state index contributed by atoms with van der Waals surface area (Å²) in [5, 5.41) is 3.07. The van der Waals surface area contributed by atoms with E-state index in [0.717, 1.165) is 32.5 Å². The van der Waals surface area contributed by atoms with E-state index in [9.17, 15) is 4.79 Å². The molecule has 3 rings (SSSR count). The zero-order valence-electron chi connectivity index (χ0n) is 13.2. The molecule has 3 N–H and O–H groups in total. The predicted octanol–water partition coefficient (Wildman–Crippen LogP) is 1.75. The first-order valence-electron chi connectivity index (χ1n) is 8.52. The van der Waals surface area contributed by atoms with Gasteiger partial charge in [0.25, 0.3) is 0 Å². The molecule has 0 aromatic heterocycles. The maximum atomic E-state index is 12.4. The first-order chi connectivity index (χ1) is 10.7. The number of benzene rings is 1. The Bertz CT molecular complexity index is 486. The van der Waals surface area contributed by atoms with Crippen molar-refractivity contribution >= 4 is 5.91 Å². The Morgan fingerprint density at radius 1 is 1.27 bits per heavy atom. The van der Waals surface area contributed by atoms with Crippen LogP contribution in [-0.2, 0) is 11.3 Å². The number of likely N-dealkylation sites (tertiary alicyclic amines) is 1. The van der Waals surface area contributed by atoms with Crippen LogP contribution in [0.5, 0.6) is 0 Å². The Hall–Kier alpha value is -1.39. The highest BCUT2D eigenvalue weighted by atomic mass is 16.1. The Balaban J connectivity index is 1.46. The predicted molar refractivity (Wildman–Crippen MR) is 88.2 cm³/mol. The highest BCUT2D eigenvalue weighted by molar-refractivity contribution is 5.79. The van der Waals surface area contributed by atoms with Crippen molar-refractivity contribution < 1.29 is 4.79 Å². The van der Waals surface area contributed by atoms with Crippen LogP contribution in [0.4, 0.5) is 0 Å². The number of carbonyl (C=O) groups excluding carboxylic acids is 1. The van der Waals surface area contributed by atoms with Gasteiger partial charge >= 0.3 is 0 Å². The molecule has 4 heteroatoms. The average Bonchev–Trinajstić information content (AvgIpc) is 3.38. The van der Waals surface area contributed by atoms with E-state index in [-0.39, 0.29) is 17.9 Å². The van der Waals surface area contributed by atoms with E-state index in [2.05, 4.69) is 34.5 Å². The molecule has 2 aliphatic rings. The molecule has 1 aliphatic heterocycles. The highest BCUT2D eigenvalue weighted by Crippen LogP contribution is 2.31. The van der Waals surface area contributed by atoms with E-state index < -0.39 is 0 Å². The van der Waals surface area contributed by atoms with E-state index in [1.165, 1.54) is 18.4 Å². The van der Waals surface area contributed by atoms with Crippen LogP contribution >= 0.6 is 0 Å². The number of hydrogen-bond donors (Lipinski definition) is 2. The zero-order valence-corrected chi connectivity index (χ0v) is 13.2. The Labute approximate surface area is 133 Å². The maximum absolute atomic E-state index is 12.4. The first kappa shape index (κ1) is 15.5. The topological polar surface area (TPSA) is 58.4 Å². The number of nitrogens with zero attached hydrogens (tertiary/aromatic N) is 1. The number of hydrogen-bond acceptors (Lipinski definition) is 3. The lowest BCUT2D eigenvalue weighted by atomic mass is 9.96. The summed E-state index contributed by atoms with van der Waals surface area (Å²) in [4.78, 5) is 14.7. The second kappa shape index (κ2) is 7.25. The molecule has 2 unspecified atom stereocenters. The molecule has 0 bridgehead atoms. The molecule has 1 aliphatic carbocycles. The fraction of sp³-hybridized carbons (Fsp3) is 0.611. The molecular formula is C18H27N3O. The molecule has 1 saturated carbocycles. The molecule has 0 radical (unpaired) electrons. The molecule has 1 amide bonds. The van der Waals surface area contributed by atoms with E-state index in [4.69, 9.17) is 5.73 Å². The molecule has 1 saturated heterocycles. The fourth-order valence-electron chi connectivity index (χ4n) is 3.31. The summed E-state index contributed by atoms with van der Waals surface area (Å²) in [5.41, 5.74) is 7.38. The van der Waals surface area contributed by atoms with Gasteiger partial charge in [-0.3, -0.25) is 9.69 Å². The lowest BCUT2D eigenvalue weighted by molar-refractivity contribution is -0.126. The van der Waals surface area contributed by atoms with Crippen molar-refractivity contribution in [3.05, 3.63) is 35.9 Å². The van der Waals surface area contributed by atoms with Gasteiger partial charge in [-0.15, -0.1) is 0 Å². The molecule has 120 valence electrons. The molecule has 1 aromatic rings. The van der Waals surface area contributed by atoms with E-state index >= 15 is 0 Å². The third-order valence-electron chi connectivity index (χ3n) is 4.86. The second-order valence-corrected chi connectivity index (χ2v) is 6.81. The van der Waals surface area contributed by atoms with Crippen molar-refractivity contribution in [1.29, 1.82) is 0 Å². The van der Waals surface area contributed by atoms with Crippen molar-refractivity contribution in [1.82, 2.24) is 10.2 Å². The number of rotatable bonds is 6. The Kier molecular flexibility index (Phi) is 5.11. The van der Waals surface area contributed by atoms with Crippen LogP contribution in [0.3, 0.4) is 0 Å². The fourth-order valence-corrected chi connectivity index (χ4v) is 3.31. The lowest BCUT2D eigenvalue weighted by Gasteiger charge is -2.32. The van der Waals surface area contributed by atoms with Gasteiger partial charge in [0, 0.05) is 25.7 Å². The van der Waals surface area contributed by atoms with Gasteiger partial charge in [-0.25, -0.2) is 0 Å². The summed E-state index contributed by atoms with van der Waals surface area (Å²) in [5.74, 6) is 0.943. The standard InChI is InChI=1S/C18H27N3O/c19-17(15-8-9-15)11-20-18(22)16-7-4-10-21(13-16)12-14-5-2-1-3-6-14/h1-3,5-6,15-17H,4,7-13,19H2,(H,20,22). The lowest BCUT2D eigenvalue weighted by Crippen LogP contribution is -2.46. The second-order valence-electron chi connectivity index (χ2n) is 6.81. The van der Waals surface area contributed by atoms with Gasteiger partial charge in [-0.2, -0.15) is 0 Å². The van der Waals surface area contributed by atoms with Gasteiger partial charge in [0.1, 0.15) is 0 Å². The number of carbonyl (C=O) groups is 1. The van der Waals surface area contributed by atoms with Crippen LogP contribution in [0, 0.1) is 11.8 Å². The minimum Gasteiger partial charge on any atom is -0.354 e. The largest absolute Gasteiger partial charge is 0.354 e. The number of piperidine rings is 1. The minimum absolute atomic E-state index is 0.115. The quantitative estimate of drug-likeness (QED) is 0.841. The van der Waals surface area contributed by atoms with Crippen LogP contribution in [0.25, 0.3) is 0 Å². The van der Waals surface area contributed by atoms with Crippen LogP contribution in [0.15, 0.2) is 30.3 Å². The maximum Gasteiger partial charge on any atom is 0.224 e. The van der Waals surface area contributed by atoms with E-state index in [1.54, 1.807) is 0 Å². The monoisotopic (exact) mass is 301 g/mol. The number of amides is 1. The van der Waals surface area contributed by atoms with Gasteiger partial charge in [0.2, 0.25) is 5.91 Å². The molecule has 1 aromatic carbocycles. The smallest absolute Gasteiger partial charge is 0.224 e. The molecule has 2 atom stereocenters. The third-order valence-corrected chi connectivity index (χ3v) is 4.86. The summed E-state index contributed by atoms with van der Waals surface area (Å²) in [6.07, 6.45) is 4.55. The van der Waals surface area contributed by atoms with Gasteiger partial charge in [-0.05, 0) is 43.7 Å². The van der Waals surface area contributed by atoms with E-state index in [1.807, 2.05) is 6.07 Å². The Morgan fingerprint density at radius 3 is 2.77 bits per heavy atom. The normalized spacial score (nSPS) is 24.0. The minimum atomic E-state index is 0.115. The zero-order chi connectivity index (χ0) is 15.4. The van der Waals surface area contributed by atoms with E-state index in [0.29, 0.717) is 12.5 Å². The van der Waals surface area contributed by atoms with Crippen molar-refractivity contribution in [2.45, 2.75) is 38.3 Å². The summed E-state index contributed by atoms with van der Waals surface area (Å²) in [6, 6.07) is 10.6. The SMILES string of the molecule is NC(CNC(=O)C1CCCN(Cc2ccccc2)C1)C1CC1. The van der Waals surface area contributed by atoms with Crippen molar-refractivity contribution in [3.63, 3.8) is 0 Å². The molecule has 4 nitrogen and oxygen atoms in total. The van der Waals surface area contributed by atoms with Crippen LogP contribution in [0.2, 0.25) is 0 Å². The first-order valence-corrected chi connectivity index (χ1v) is 8.52. The van der Waals surface area contributed by atoms with Crippen molar-refractivity contribution in [2.75, 3.05) is 19.6 Å². The van der Waals surface area contributed by atoms with Gasteiger partial charge in [0.05, 0.1) is 5.92 Å². The van der Waals surface area contributed by atoms with Crippen LogP contribution in [0.1, 0.15) is 31.2 Å². The van der Waals surface area contributed by atoms with Gasteiger partial charge in [0.15, 0.2) is 0 Å². The van der Waals surface area contributed by atoms with Gasteiger partial charge in [-0.1, -0.05) is 30.3 Å². The molecular weight excluding hydrogens is 274 g/mol. The van der Waals surface area contributed by atoms with Crippen molar-refractivity contribution in [2.24, 2.45) is 17.6 Å². The number of nitrogens with one attached hydrogen (secondary N) is 1. The summed E-state index contributed by atoms with van der Waals surface area (Å²) in [7, 11) is 0. The summed E-state index contributed by atoms with van der Waals surface area (Å²) < 4.78 is 0. The average molecular weight is 301 g/mol. The molecule has 1 heterocycles. The highest BCUT2D eigenvalue weighted by Gasteiger charge is 2.30. The molecule has 0 spiro atoms. The summed E-state index contributed by atoms with van der Waals surface area (Å²) in [6.45, 7) is 3.52. The molecule has 2 fully saturated rings. The summed E-state index contributed by atoms with van der Waals surface area (Å²) >= 11 is 0. The van der Waals surface area contributed by atoms with Crippen LogP contribution < -0.4 is 11.1 Å².